The fourth-order valence-corrected chi connectivity index (χ4v) is 3.45. The molecule has 26 heavy (non-hydrogen) atoms. The lowest BCUT2D eigenvalue weighted by Crippen LogP contribution is -2.22. The number of carbonyl (C=O) groups is 1. The zero-order chi connectivity index (χ0) is 18.7. The van der Waals surface area contributed by atoms with Gasteiger partial charge in [-0.15, -0.1) is 0 Å². The predicted molar refractivity (Wildman–Crippen MR) is 102 cm³/mol. The summed E-state index contributed by atoms with van der Waals surface area (Å²) in [5, 5.41) is 3.74. The molecule has 1 aromatic carbocycles. The van der Waals surface area contributed by atoms with E-state index in [0.29, 0.717) is 21.0 Å². The second kappa shape index (κ2) is 7.86. The Kier molecular flexibility index (Phi) is 5.55. The number of thioether (sulfide) groups is 1. The van der Waals surface area contributed by atoms with E-state index in [1.54, 1.807) is 24.3 Å². The van der Waals surface area contributed by atoms with Crippen molar-refractivity contribution in [2.75, 3.05) is 11.1 Å². The topological polar surface area (TPSA) is 114 Å². The van der Waals surface area contributed by atoms with Gasteiger partial charge in [0.25, 0.3) is 11.5 Å². The van der Waals surface area contributed by atoms with Crippen LogP contribution in [0.15, 0.2) is 51.0 Å². The number of benzene rings is 1. The smallest absolute Gasteiger partial charge is 0.291 e. The number of nitrogens with two attached hydrogens (primary N) is 1. The molecule has 2 heterocycles. The number of hydrogen-bond donors (Lipinski definition) is 3. The molecule has 2 aromatic heterocycles. The molecule has 1 amide bonds. The van der Waals surface area contributed by atoms with Crippen LogP contribution < -0.4 is 16.6 Å². The summed E-state index contributed by atoms with van der Waals surface area (Å²) in [5.41, 5.74) is 5.93. The largest absolute Gasteiger partial charge is 0.459 e. The van der Waals surface area contributed by atoms with Crippen molar-refractivity contribution in [1.29, 1.82) is 0 Å². The summed E-state index contributed by atoms with van der Waals surface area (Å²) in [4.78, 5) is 30.9. The maximum atomic E-state index is 12.2. The maximum absolute atomic E-state index is 12.2. The van der Waals surface area contributed by atoms with Gasteiger partial charge in [-0.3, -0.25) is 14.6 Å². The first-order valence-electron chi connectivity index (χ1n) is 7.25. The van der Waals surface area contributed by atoms with Crippen molar-refractivity contribution in [3.8, 4) is 0 Å². The lowest BCUT2D eigenvalue weighted by atomic mass is 10.2. The SMILES string of the molecule is Nc1nc(SCc2ccc(Cl)cc2Cl)[nH]c(=O)c1NC(=O)c1ccco1. The third kappa shape index (κ3) is 4.21. The number of aromatic amines is 1. The first kappa shape index (κ1) is 18.4. The first-order valence-corrected chi connectivity index (χ1v) is 8.99. The number of rotatable bonds is 5. The highest BCUT2D eigenvalue weighted by atomic mass is 35.5. The molecule has 0 saturated carbocycles. The van der Waals surface area contributed by atoms with Gasteiger partial charge in [-0.05, 0) is 29.8 Å². The van der Waals surface area contributed by atoms with Gasteiger partial charge >= 0.3 is 0 Å². The van der Waals surface area contributed by atoms with Gasteiger partial charge in [0.15, 0.2) is 22.4 Å². The number of furan rings is 1. The van der Waals surface area contributed by atoms with E-state index in [2.05, 4.69) is 15.3 Å². The molecule has 0 fully saturated rings. The Bertz CT molecular complexity index is 1010. The average molecular weight is 411 g/mol. The molecule has 7 nitrogen and oxygen atoms in total. The summed E-state index contributed by atoms with van der Waals surface area (Å²) in [6, 6.07) is 8.17. The molecule has 0 aliphatic rings. The molecule has 0 saturated heterocycles. The molecule has 0 radical (unpaired) electrons. The molecule has 0 atom stereocenters. The van der Waals surface area contributed by atoms with Crippen molar-refractivity contribution < 1.29 is 9.21 Å². The fourth-order valence-electron chi connectivity index (χ4n) is 2.03. The average Bonchev–Trinajstić information content (AvgIpc) is 3.12. The number of amides is 1. The van der Waals surface area contributed by atoms with E-state index in [9.17, 15) is 9.59 Å². The molecular formula is C16H12Cl2N4O3S. The van der Waals surface area contributed by atoms with Crippen LogP contribution in [0, 0.1) is 0 Å². The summed E-state index contributed by atoms with van der Waals surface area (Å²) >= 11 is 13.2. The van der Waals surface area contributed by atoms with Gasteiger partial charge < -0.3 is 15.5 Å². The van der Waals surface area contributed by atoms with Crippen LogP contribution in [-0.4, -0.2) is 15.9 Å². The standard InChI is InChI=1S/C16H12Cl2N4O3S/c17-9-4-3-8(10(18)6-9)7-26-16-21-13(19)12(15(24)22-16)20-14(23)11-2-1-5-25-11/h1-6H,7H2,(H,20,23)(H3,19,21,22,24). The van der Waals surface area contributed by atoms with E-state index in [0.717, 1.165) is 5.56 Å². The van der Waals surface area contributed by atoms with Crippen LogP contribution >= 0.6 is 35.0 Å². The third-order valence-corrected chi connectivity index (χ3v) is 4.80. The van der Waals surface area contributed by atoms with E-state index in [-0.39, 0.29) is 17.3 Å². The monoisotopic (exact) mass is 410 g/mol. The quantitative estimate of drug-likeness (QED) is 0.435. The lowest BCUT2D eigenvalue weighted by molar-refractivity contribution is 0.0996. The van der Waals surface area contributed by atoms with Gasteiger partial charge in [0, 0.05) is 15.8 Å². The highest BCUT2D eigenvalue weighted by Crippen LogP contribution is 2.27. The fraction of sp³-hybridized carbons (Fsp3) is 0.0625. The number of H-pyrrole nitrogens is 1. The molecule has 4 N–H and O–H groups in total. The molecule has 0 unspecified atom stereocenters. The normalized spacial score (nSPS) is 10.7. The van der Waals surface area contributed by atoms with Gasteiger partial charge in [-0.1, -0.05) is 41.0 Å². The van der Waals surface area contributed by atoms with Gasteiger partial charge in [0.1, 0.15) is 0 Å². The van der Waals surface area contributed by atoms with E-state index in [4.69, 9.17) is 33.4 Å². The lowest BCUT2D eigenvalue weighted by Gasteiger charge is -2.08. The molecule has 0 spiro atoms. The molecule has 0 bridgehead atoms. The Morgan fingerprint density at radius 2 is 2.15 bits per heavy atom. The van der Waals surface area contributed by atoms with Crippen LogP contribution in [0.3, 0.4) is 0 Å². The number of hydrogen-bond acceptors (Lipinski definition) is 6. The minimum Gasteiger partial charge on any atom is -0.459 e. The Hall–Kier alpha value is -2.42. The Morgan fingerprint density at radius 3 is 2.81 bits per heavy atom. The second-order valence-corrected chi connectivity index (χ2v) is 6.89. The highest BCUT2D eigenvalue weighted by Gasteiger charge is 2.15. The van der Waals surface area contributed by atoms with Crippen molar-refractivity contribution in [2.24, 2.45) is 0 Å². The number of nitrogens with zero attached hydrogens (tertiary/aromatic N) is 1. The van der Waals surface area contributed by atoms with Gasteiger partial charge in [-0.25, -0.2) is 4.98 Å². The van der Waals surface area contributed by atoms with Gasteiger partial charge in [0.05, 0.1) is 6.26 Å². The highest BCUT2D eigenvalue weighted by molar-refractivity contribution is 7.98. The van der Waals surface area contributed by atoms with Crippen LogP contribution in [0.5, 0.6) is 0 Å². The number of aromatic nitrogens is 2. The van der Waals surface area contributed by atoms with Crippen LogP contribution in [0.1, 0.15) is 16.1 Å². The molecule has 3 rings (SSSR count). The van der Waals surface area contributed by atoms with Crippen molar-refractivity contribution in [3.63, 3.8) is 0 Å². The number of carbonyl (C=O) groups excluding carboxylic acids is 1. The molecule has 10 heteroatoms. The zero-order valence-corrected chi connectivity index (χ0v) is 15.4. The Labute approximate surface area is 161 Å². The van der Waals surface area contributed by atoms with Gasteiger partial charge in [0.2, 0.25) is 0 Å². The Morgan fingerprint density at radius 1 is 1.35 bits per heavy atom. The molecule has 0 aliphatic carbocycles. The summed E-state index contributed by atoms with van der Waals surface area (Å²) in [7, 11) is 0. The number of anilines is 2. The minimum absolute atomic E-state index is 0.0552. The summed E-state index contributed by atoms with van der Waals surface area (Å²) in [6.45, 7) is 0. The number of nitrogen functional groups attached to an aromatic ring is 1. The molecule has 134 valence electrons. The first-order chi connectivity index (χ1) is 12.4. The summed E-state index contributed by atoms with van der Waals surface area (Å²) in [6.07, 6.45) is 1.35. The maximum Gasteiger partial charge on any atom is 0.291 e. The van der Waals surface area contributed by atoms with Crippen molar-refractivity contribution in [2.45, 2.75) is 10.9 Å². The van der Waals surface area contributed by atoms with E-state index in [1.807, 2.05) is 0 Å². The predicted octanol–water partition coefficient (Wildman–Crippen LogP) is 3.80. The van der Waals surface area contributed by atoms with Crippen LogP contribution in [0.2, 0.25) is 10.0 Å². The number of halogens is 2. The minimum atomic E-state index is -0.595. The van der Waals surface area contributed by atoms with Crippen molar-refractivity contribution in [1.82, 2.24) is 9.97 Å². The van der Waals surface area contributed by atoms with Crippen LogP contribution in [0.25, 0.3) is 0 Å². The van der Waals surface area contributed by atoms with Crippen molar-refractivity contribution >= 4 is 52.4 Å². The summed E-state index contributed by atoms with van der Waals surface area (Å²) in [5.74, 6) is -0.184. The molecule has 3 aromatic rings. The van der Waals surface area contributed by atoms with E-state index >= 15 is 0 Å². The summed E-state index contributed by atoms with van der Waals surface area (Å²) < 4.78 is 4.97. The van der Waals surface area contributed by atoms with Crippen LogP contribution in [0.4, 0.5) is 11.5 Å². The van der Waals surface area contributed by atoms with Gasteiger partial charge in [-0.2, -0.15) is 0 Å². The second-order valence-electron chi connectivity index (χ2n) is 5.09. The van der Waals surface area contributed by atoms with Crippen molar-refractivity contribution in [3.05, 3.63) is 68.3 Å². The molecular weight excluding hydrogens is 399 g/mol. The van der Waals surface area contributed by atoms with Crippen LogP contribution in [-0.2, 0) is 5.75 Å². The van der Waals surface area contributed by atoms with E-state index < -0.39 is 11.5 Å². The third-order valence-electron chi connectivity index (χ3n) is 3.29. The zero-order valence-electron chi connectivity index (χ0n) is 13.1. The van der Waals surface area contributed by atoms with E-state index in [1.165, 1.54) is 24.1 Å². The molecule has 0 aliphatic heterocycles. The Balaban J connectivity index is 1.74. The number of nitrogens with one attached hydrogen (secondary N) is 2.